The van der Waals surface area contributed by atoms with Crippen molar-refractivity contribution >= 4 is 55.7 Å². The third-order valence-corrected chi connectivity index (χ3v) is 11.4. The molecule has 0 saturated heterocycles. The van der Waals surface area contributed by atoms with Crippen LogP contribution in [0.5, 0.6) is 0 Å². The van der Waals surface area contributed by atoms with Crippen LogP contribution in [-0.2, 0) is 5.41 Å². The van der Waals surface area contributed by atoms with E-state index < -0.39 is 0 Å². The molecule has 0 atom stereocenters. The van der Waals surface area contributed by atoms with E-state index in [-0.39, 0.29) is 5.41 Å². The Labute approximate surface area is 323 Å². The molecule has 0 amide bonds. The minimum atomic E-state index is -0.223. The molecule has 2 heteroatoms. The number of fused-ring (bicyclic) bond motifs is 4. The Balaban J connectivity index is 1.10. The predicted molar refractivity (Wildman–Crippen MR) is 234 cm³/mol. The first-order valence-corrected chi connectivity index (χ1v) is 19.1. The van der Waals surface area contributed by atoms with E-state index in [0.717, 1.165) is 22.7 Å². The maximum absolute atomic E-state index is 2.42. The van der Waals surface area contributed by atoms with Crippen LogP contribution in [0.15, 0.2) is 206 Å². The first-order valence-electron chi connectivity index (χ1n) is 19.1. The lowest BCUT2D eigenvalue weighted by atomic mass is 9.73. The molecule has 0 aromatic heterocycles. The average Bonchev–Trinajstić information content (AvgIpc) is 3.24. The number of anilines is 6. The van der Waals surface area contributed by atoms with Gasteiger partial charge in [-0.25, -0.2) is 0 Å². The van der Waals surface area contributed by atoms with Gasteiger partial charge in [-0.2, -0.15) is 0 Å². The van der Waals surface area contributed by atoms with Gasteiger partial charge in [-0.05, 0) is 128 Å². The van der Waals surface area contributed by atoms with Gasteiger partial charge < -0.3 is 9.80 Å². The van der Waals surface area contributed by atoms with Gasteiger partial charge in [-0.1, -0.05) is 147 Å². The van der Waals surface area contributed by atoms with Crippen LogP contribution in [0.3, 0.4) is 0 Å². The van der Waals surface area contributed by atoms with Crippen molar-refractivity contribution in [1.82, 2.24) is 0 Å². The Bertz CT molecular complexity index is 2710. The smallest absolute Gasteiger partial charge is 0.0504 e. The minimum absolute atomic E-state index is 0.223. The third kappa shape index (κ3) is 5.75. The van der Waals surface area contributed by atoms with E-state index in [1.165, 1.54) is 66.3 Å². The fourth-order valence-corrected chi connectivity index (χ4v) is 8.48. The highest BCUT2D eigenvalue weighted by atomic mass is 15.2. The summed E-state index contributed by atoms with van der Waals surface area (Å²) >= 11 is 0. The summed E-state index contributed by atoms with van der Waals surface area (Å²) in [5.74, 6) is 0. The number of nitrogens with zero attached hydrogens (tertiary/aromatic N) is 2. The molecule has 10 rings (SSSR count). The molecule has 0 spiro atoms. The molecule has 9 aromatic carbocycles. The Morgan fingerprint density at radius 2 is 0.800 bits per heavy atom. The largest absolute Gasteiger partial charge is 0.310 e. The quantitative estimate of drug-likeness (QED) is 0.170. The summed E-state index contributed by atoms with van der Waals surface area (Å²) in [6.45, 7) is 4.72. The lowest BCUT2D eigenvalue weighted by Crippen LogP contribution is -2.30. The van der Waals surface area contributed by atoms with Gasteiger partial charge in [-0.3, -0.25) is 0 Å². The highest BCUT2D eigenvalue weighted by Crippen LogP contribution is 2.53. The van der Waals surface area contributed by atoms with Crippen molar-refractivity contribution in [2.24, 2.45) is 0 Å². The molecular formula is C53H40N2. The molecular weight excluding hydrogens is 665 g/mol. The normalized spacial score (nSPS) is 13.0. The number of para-hydroxylation sites is 2. The molecule has 0 radical (unpaired) electrons. The van der Waals surface area contributed by atoms with E-state index in [2.05, 4.69) is 230 Å². The SMILES string of the molecule is CC1(C)c2ccccc2N(c2ccccc2)c2ccc(N(c3ccc(-c4ccc5ccccc5c4)cc3)c3ccc(-c4ccc5ccccc5c4)cc3)cc21. The average molecular weight is 705 g/mol. The van der Waals surface area contributed by atoms with Crippen molar-refractivity contribution in [1.29, 1.82) is 0 Å². The molecule has 262 valence electrons. The highest BCUT2D eigenvalue weighted by molar-refractivity contribution is 5.91. The van der Waals surface area contributed by atoms with Crippen molar-refractivity contribution in [3.63, 3.8) is 0 Å². The van der Waals surface area contributed by atoms with Crippen LogP contribution in [0.4, 0.5) is 34.1 Å². The third-order valence-electron chi connectivity index (χ3n) is 11.4. The zero-order valence-electron chi connectivity index (χ0n) is 31.0. The van der Waals surface area contributed by atoms with E-state index in [4.69, 9.17) is 0 Å². The molecule has 55 heavy (non-hydrogen) atoms. The zero-order chi connectivity index (χ0) is 36.9. The zero-order valence-corrected chi connectivity index (χ0v) is 31.0. The summed E-state index contributed by atoms with van der Waals surface area (Å²) < 4.78 is 0. The molecule has 0 fully saturated rings. The topological polar surface area (TPSA) is 6.48 Å². The van der Waals surface area contributed by atoms with E-state index in [0.29, 0.717) is 0 Å². The second-order valence-electron chi connectivity index (χ2n) is 15.1. The van der Waals surface area contributed by atoms with Gasteiger partial charge in [0, 0.05) is 28.2 Å². The summed E-state index contributed by atoms with van der Waals surface area (Å²) in [4.78, 5) is 4.82. The van der Waals surface area contributed by atoms with Gasteiger partial charge >= 0.3 is 0 Å². The number of rotatable bonds is 6. The van der Waals surface area contributed by atoms with Crippen LogP contribution in [-0.4, -0.2) is 0 Å². The number of hydrogen-bond donors (Lipinski definition) is 0. The van der Waals surface area contributed by atoms with Gasteiger partial charge in [-0.15, -0.1) is 0 Å². The van der Waals surface area contributed by atoms with E-state index in [1.54, 1.807) is 0 Å². The molecule has 0 saturated carbocycles. The van der Waals surface area contributed by atoms with Crippen molar-refractivity contribution < 1.29 is 0 Å². The van der Waals surface area contributed by atoms with E-state index >= 15 is 0 Å². The summed E-state index contributed by atoms with van der Waals surface area (Å²) in [7, 11) is 0. The van der Waals surface area contributed by atoms with E-state index in [9.17, 15) is 0 Å². The molecule has 1 aliphatic rings. The fraction of sp³-hybridized carbons (Fsp3) is 0.0566. The Kier molecular flexibility index (Phi) is 7.85. The maximum Gasteiger partial charge on any atom is 0.0504 e. The predicted octanol–water partition coefficient (Wildman–Crippen LogP) is 14.9. The van der Waals surface area contributed by atoms with Gasteiger partial charge in [0.15, 0.2) is 0 Å². The lowest BCUT2D eigenvalue weighted by molar-refractivity contribution is 0.632. The first kappa shape index (κ1) is 32.7. The summed E-state index contributed by atoms with van der Waals surface area (Å²) in [5, 5.41) is 5.01. The summed E-state index contributed by atoms with van der Waals surface area (Å²) in [6.07, 6.45) is 0. The number of hydrogen-bond acceptors (Lipinski definition) is 2. The van der Waals surface area contributed by atoms with Crippen LogP contribution >= 0.6 is 0 Å². The Hall–Kier alpha value is -6.90. The molecule has 1 aliphatic heterocycles. The van der Waals surface area contributed by atoms with Crippen LogP contribution < -0.4 is 9.80 Å². The summed E-state index contributed by atoms with van der Waals surface area (Å²) in [6, 6.07) is 75.2. The maximum atomic E-state index is 2.42. The standard InChI is InChI=1S/C53H40N2/c1-53(2)49-18-10-11-19-51(49)55(45-16-4-3-5-17-45)52-33-32-48(36-50(52)53)54(46-28-24-39(25-29-46)43-22-20-37-12-6-8-14-41(37)34-43)47-30-26-40(27-31-47)44-23-21-38-13-7-9-15-42(38)35-44/h3-36H,1-2H3. The van der Waals surface area contributed by atoms with Crippen molar-refractivity contribution in [3.05, 3.63) is 217 Å². The second kappa shape index (κ2) is 13.2. The molecule has 0 unspecified atom stereocenters. The Morgan fingerprint density at radius 3 is 1.38 bits per heavy atom. The lowest BCUT2D eigenvalue weighted by Gasteiger charge is -2.42. The fourth-order valence-electron chi connectivity index (χ4n) is 8.48. The minimum Gasteiger partial charge on any atom is -0.310 e. The van der Waals surface area contributed by atoms with Gasteiger partial charge in [0.25, 0.3) is 0 Å². The van der Waals surface area contributed by atoms with Crippen molar-refractivity contribution in [3.8, 4) is 22.3 Å². The van der Waals surface area contributed by atoms with Gasteiger partial charge in [0.05, 0.1) is 11.4 Å². The van der Waals surface area contributed by atoms with Crippen LogP contribution in [0, 0.1) is 0 Å². The first-order chi connectivity index (χ1) is 27.0. The highest BCUT2D eigenvalue weighted by Gasteiger charge is 2.37. The van der Waals surface area contributed by atoms with Crippen LogP contribution in [0.1, 0.15) is 25.0 Å². The second-order valence-corrected chi connectivity index (χ2v) is 15.1. The van der Waals surface area contributed by atoms with Crippen molar-refractivity contribution in [2.45, 2.75) is 19.3 Å². The van der Waals surface area contributed by atoms with Crippen LogP contribution in [0.2, 0.25) is 0 Å². The molecule has 2 nitrogen and oxygen atoms in total. The van der Waals surface area contributed by atoms with Gasteiger partial charge in [0.1, 0.15) is 0 Å². The molecule has 0 aliphatic carbocycles. The molecule has 0 N–H and O–H groups in total. The molecule has 1 heterocycles. The van der Waals surface area contributed by atoms with Gasteiger partial charge in [0.2, 0.25) is 0 Å². The van der Waals surface area contributed by atoms with E-state index in [1.807, 2.05) is 0 Å². The monoisotopic (exact) mass is 704 g/mol. The molecule has 0 bridgehead atoms. The Morgan fingerprint density at radius 1 is 0.345 bits per heavy atom. The number of benzene rings is 9. The van der Waals surface area contributed by atoms with Crippen LogP contribution in [0.25, 0.3) is 43.8 Å². The molecule has 9 aromatic rings. The summed E-state index contributed by atoms with van der Waals surface area (Å²) in [5.41, 5.74) is 14.1. The van der Waals surface area contributed by atoms with Crippen molar-refractivity contribution in [2.75, 3.05) is 9.80 Å².